The van der Waals surface area contributed by atoms with Crippen molar-refractivity contribution in [3.63, 3.8) is 0 Å². The van der Waals surface area contributed by atoms with Crippen LogP contribution in [0, 0.1) is 0 Å². The van der Waals surface area contributed by atoms with Crippen LogP contribution in [-0.2, 0) is 29.4 Å². The van der Waals surface area contributed by atoms with E-state index in [-0.39, 0.29) is 17.3 Å². The average molecular weight is 450 g/mol. The summed E-state index contributed by atoms with van der Waals surface area (Å²) < 4.78 is 32.9. The maximum Gasteiger partial charge on any atom is 0.255 e. The number of fused-ring (bicyclic) bond motifs is 3. The summed E-state index contributed by atoms with van der Waals surface area (Å²) in [6.45, 7) is 0.0485. The molecular weight excluding hydrogens is 426 g/mol. The van der Waals surface area contributed by atoms with Gasteiger partial charge >= 0.3 is 0 Å². The Labute approximate surface area is 185 Å². The van der Waals surface area contributed by atoms with Crippen molar-refractivity contribution in [2.45, 2.75) is 37.1 Å². The number of nitrogens with one attached hydrogen (secondary N) is 3. The van der Waals surface area contributed by atoms with Crippen molar-refractivity contribution in [3.8, 4) is 0 Å². The third-order valence-corrected chi connectivity index (χ3v) is 7.18. The molecule has 2 heterocycles. The molecule has 0 aliphatic heterocycles. The Morgan fingerprint density at radius 2 is 1.91 bits per heavy atom. The van der Waals surface area contributed by atoms with E-state index >= 15 is 0 Å². The molecule has 2 aromatic heterocycles. The zero-order valence-corrected chi connectivity index (χ0v) is 18.2. The highest BCUT2D eigenvalue weighted by molar-refractivity contribution is 7.89. The Morgan fingerprint density at radius 3 is 2.75 bits per heavy atom. The molecule has 1 aliphatic rings. The minimum Gasteiger partial charge on any atom is -0.468 e. The molecular formula is C24H23N3O4S. The fraction of sp³-hybridized carbons (Fsp3) is 0.208. The lowest BCUT2D eigenvalue weighted by Gasteiger charge is -2.11. The van der Waals surface area contributed by atoms with E-state index in [2.05, 4.69) is 15.0 Å². The summed E-state index contributed by atoms with van der Waals surface area (Å²) in [5.41, 5.74) is 4.56. The molecule has 0 fully saturated rings. The van der Waals surface area contributed by atoms with Crippen LogP contribution in [0.2, 0.25) is 0 Å². The Bertz CT molecular complexity index is 1390. The molecule has 1 amide bonds. The van der Waals surface area contributed by atoms with Crippen molar-refractivity contribution in [2.75, 3.05) is 5.32 Å². The first-order valence-electron chi connectivity index (χ1n) is 10.6. The zero-order chi connectivity index (χ0) is 22.1. The van der Waals surface area contributed by atoms with Crippen LogP contribution in [0.4, 0.5) is 5.69 Å². The number of carbonyl (C=O) groups excluding carboxylic acids is 1. The maximum atomic E-state index is 12.9. The number of H-pyrrole nitrogens is 1. The Morgan fingerprint density at radius 1 is 1.03 bits per heavy atom. The summed E-state index contributed by atoms with van der Waals surface area (Å²) in [7, 11) is -3.76. The first kappa shape index (κ1) is 20.5. The summed E-state index contributed by atoms with van der Waals surface area (Å²) in [6.07, 6.45) is 5.89. The molecule has 4 aromatic rings. The van der Waals surface area contributed by atoms with Crippen molar-refractivity contribution in [3.05, 3.63) is 83.4 Å². The lowest BCUT2D eigenvalue weighted by molar-refractivity contribution is 0.102. The molecule has 164 valence electrons. The number of rotatable bonds is 6. The maximum absolute atomic E-state index is 12.9. The number of sulfonamides is 1. The van der Waals surface area contributed by atoms with Gasteiger partial charge in [0.1, 0.15) is 5.76 Å². The monoisotopic (exact) mass is 449 g/mol. The molecule has 0 saturated carbocycles. The first-order valence-corrected chi connectivity index (χ1v) is 12.0. The molecule has 0 radical (unpaired) electrons. The molecule has 0 unspecified atom stereocenters. The van der Waals surface area contributed by atoms with Gasteiger partial charge in [0.25, 0.3) is 5.91 Å². The summed E-state index contributed by atoms with van der Waals surface area (Å²) in [5.74, 6) is 0.233. The largest absolute Gasteiger partial charge is 0.468 e. The highest BCUT2D eigenvalue weighted by Gasteiger charge is 2.18. The predicted molar refractivity (Wildman–Crippen MR) is 122 cm³/mol. The fourth-order valence-corrected chi connectivity index (χ4v) is 5.19. The normalized spacial score (nSPS) is 13.8. The summed E-state index contributed by atoms with van der Waals surface area (Å²) in [5, 5.41) is 3.91. The molecule has 2 aromatic carbocycles. The number of amides is 1. The van der Waals surface area contributed by atoms with Crippen LogP contribution in [0.15, 0.2) is 70.2 Å². The molecule has 0 atom stereocenters. The molecule has 3 N–H and O–H groups in total. The molecule has 8 heteroatoms. The summed E-state index contributed by atoms with van der Waals surface area (Å²) >= 11 is 0. The Kier molecular flexibility index (Phi) is 5.32. The minimum absolute atomic E-state index is 0.0485. The van der Waals surface area contributed by atoms with Crippen LogP contribution >= 0.6 is 0 Å². The molecule has 5 rings (SSSR count). The Balaban J connectivity index is 1.34. The van der Waals surface area contributed by atoms with Gasteiger partial charge in [-0.05, 0) is 79.8 Å². The van der Waals surface area contributed by atoms with Gasteiger partial charge in [-0.1, -0.05) is 6.07 Å². The van der Waals surface area contributed by atoms with Gasteiger partial charge in [0.05, 0.1) is 17.7 Å². The van der Waals surface area contributed by atoms with Gasteiger partial charge in [0.2, 0.25) is 10.0 Å². The van der Waals surface area contributed by atoms with Gasteiger partial charge in [-0.15, -0.1) is 0 Å². The van der Waals surface area contributed by atoms with E-state index in [1.165, 1.54) is 36.1 Å². The standard InChI is InChI=1S/C24H23N3O4S/c28-24(16-10-11-23-21(13-16)20-8-1-2-9-22(20)27-23)26-17-5-3-7-19(14-17)32(29,30)25-15-18-6-4-12-31-18/h3-7,10-14,25,27H,1-2,8-9,15H2,(H,26,28). The van der Waals surface area contributed by atoms with Gasteiger partial charge in [-0.25, -0.2) is 13.1 Å². The average Bonchev–Trinajstić information content (AvgIpc) is 3.45. The van der Waals surface area contributed by atoms with Gasteiger partial charge in [0.15, 0.2) is 0 Å². The second kappa shape index (κ2) is 8.29. The van der Waals surface area contributed by atoms with Crippen LogP contribution in [-0.4, -0.2) is 19.3 Å². The van der Waals surface area contributed by atoms with E-state index < -0.39 is 10.0 Å². The Hall–Kier alpha value is -3.36. The topological polar surface area (TPSA) is 104 Å². The fourth-order valence-electron chi connectivity index (χ4n) is 4.15. The van der Waals surface area contributed by atoms with Crippen molar-refractivity contribution in [2.24, 2.45) is 0 Å². The van der Waals surface area contributed by atoms with Gasteiger partial charge in [0, 0.05) is 27.8 Å². The van der Waals surface area contributed by atoms with Gasteiger partial charge in [-0.3, -0.25) is 4.79 Å². The number of furan rings is 1. The lowest BCUT2D eigenvalue weighted by atomic mass is 9.95. The van der Waals surface area contributed by atoms with Crippen LogP contribution in [0.3, 0.4) is 0 Å². The first-order chi connectivity index (χ1) is 15.5. The van der Waals surface area contributed by atoms with Crippen LogP contribution in [0.1, 0.15) is 40.2 Å². The van der Waals surface area contributed by atoms with Crippen molar-refractivity contribution in [1.29, 1.82) is 0 Å². The number of hydrogen-bond acceptors (Lipinski definition) is 4. The van der Waals surface area contributed by atoms with Gasteiger partial charge < -0.3 is 14.7 Å². The number of hydrogen-bond donors (Lipinski definition) is 3. The highest BCUT2D eigenvalue weighted by atomic mass is 32.2. The zero-order valence-electron chi connectivity index (χ0n) is 17.4. The van der Waals surface area contributed by atoms with E-state index in [0.29, 0.717) is 17.0 Å². The second-order valence-electron chi connectivity index (χ2n) is 7.94. The number of anilines is 1. The van der Waals surface area contributed by atoms with Crippen LogP contribution in [0.5, 0.6) is 0 Å². The number of aryl methyl sites for hydroxylation is 2. The molecule has 32 heavy (non-hydrogen) atoms. The van der Waals surface area contributed by atoms with Crippen molar-refractivity contribution >= 4 is 32.5 Å². The third kappa shape index (κ3) is 4.06. The van der Waals surface area contributed by atoms with Gasteiger partial charge in [-0.2, -0.15) is 0 Å². The van der Waals surface area contributed by atoms with E-state index in [1.54, 1.807) is 30.3 Å². The molecule has 1 aliphatic carbocycles. The van der Waals surface area contributed by atoms with E-state index in [4.69, 9.17) is 4.42 Å². The summed E-state index contributed by atoms with van der Waals surface area (Å²) in [4.78, 5) is 16.4. The molecule has 0 saturated heterocycles. The number of benzene rings is 2. The number of aromatic amines is 1. The quantitative estimate of drug-likeness (QED) is 0.407. The minimum atomic E-state index is -3.76. The molecule has 7 nitrogen and oxygen atoms in total. The smallest absolute Gasteiger partial charge is 0.255 e. The van der Waals surface area contributed by atoms with Crippen LogP contribution in [0.25, 0.3) is 10.9 Å². The third-order valence-electron chi connectivity index (χ3n) is 5.78. The van der Waals surface area contributed by atoms with E-state index in [1.807, 2.05) is 12.1 Å². The number of aromatic nitrogens is 1. The van der Waals surface area contributed by atoms with Crippen molar-refractivity contribution in [1.82, 2.24) is 9.71 Å². The SMILES string of the molecule is O=C(Nc1cccc(S(=O)(=O)NCc2ccco2)c1)c1ccc2[nH]c3c(c2c1)CCCC3. The molecule has 0 bridgehead atoms. The van der Waals surface area contributed by atoms with Crippen LogP contribution < -0.4 is 10.0 Å². The second-order valence-corrected chi connectivity index (χ2v) is 9.70. The lowest BCUT2D eigenvalue weighted by Crippen LogP contribution is -2.23. The summed E-state index contributed by atoms with van der Waals surface area (Å²) in [6, 6.07) is 15.2. The predicted octanol–water partition coefficient (Wildman–Crippen LogP) is 4.37. The van der Waals surface area contributed by atoms with E-state index in [0.717, 1.165) is 30.2 Å². The number of carbonyl (C=O) groups is 1. The van der Waals surface area contributed by atoms with Crippen molar-refractivity contribution < 1.29 is 17.6 Å². The molecule has 0 spiro atoms. The highest BCUT2D eigenvalue weighted by Crippen LogP contribution is 2.30. The van der Waals surface area contributed by atoms with E-state index in [9.17, 15) is 13.2 Å².